The maximum Gasteiger partial charge on any atom is 0.336 e. The Hall–Kier alpha value is -1.40. The van der Waals surface area contributed by atoms with Gasteiger partial charge in [-0.15, -0.1) is 0 Å². The van der Waals surface area contributed by atoms with Crippen LogP contribution in [0.25, 0.3) is 0 Å². The zero-order valence-electron chi connectivity index (χ0n) is 9.42. The van der Waals surface area contributed by atoms with E-state index in [2.05, 4.69) is 25.9 Å². The zero-order chi connectivity index (χ0) is 13.1. The van der Waals surface area contributed by atoms with Crippen LogP contribution < -0.4 is 0 Å². The predicted molar refractivity (Wildman–Crippen MR) is 72.0 cm³/mol. The third-order valence-electron chi connectivity index (χ3n) is 2.17. The fourth-order valence-corrected chi connectivity index (χ4v) is 2.64. The average Bonchev–Trinajstić information content (AvgIpc) is 2.31. The lowest BCUT2D eigenvalue weighted by Gasteiger charge is -2.04. The van der Waals surface area contributed by atoms with Crippen molar-refractivity contribution in [3.05, 3.63) is 46.3 Å². The van der Waals surface area contributed by atoms with Crippen molar-refractivity contribution in [2.24, 2.45) is 0 Å². The van der Waals surface area contributed by atoms with Crippen LogP contribution in [0.2, 0.25) is 0 Å². The molecule has 0 radical (unpaired) electrons. The molecule has 1 heterocycles. The van der Waals surface area contributed by atoms with Crippen molar-refractivity contribution in [1.82, 2.24) is 9.97 Å². The number of carbonyl (C=O) groups is 1. The van der Waals surface area contributed by atoms with E-state index in [9.17, 15) is 4.79 Å². The summed E-state index contributed by atoms with van der Waals surface area (Å²) in [5.41, 5.74) is 1.12. The van der Waals surface area contributed by atoms with Gasteiger partial charge in [-0.2, -0.15) is 0 Å². The molecular weight excluding hydrogens is 316 g/mol. The standard InChI is InChI=1S/C12H9BrN2O2S/c1-7-4-11(15-6-14-7)18-8-2-3-10(13)9(5-8)12(16)17/h2-6H,1H3,(H,16,17). The van der Waals surface area contributed by atoms with Crippen molar-refractivity contribution in [2.75, 3.05) is 0 Å². The van der Waals surface area contributed by atoms with Gasteiger partial charge in [-0.25, -0.2) is 14.8 Å². The molecule has 0 aliphatic carbocycles. The van der Waals surface area contributed by atoms with Crippen LogP contribution in [0.4, 0.5) is 0 Å². The van der Waals surface area contributed by atoms with E-state index in [0.29, 0.717) is 4.47 Å². The number of benzene rings is 1. The van der Waals surface area contributed by atoms with Gasteiger partial charge in [0.25, 0.3) is 0 Å². The third kappa shape index (κ3) is 3.08. The van der Waals surface area contributed by atoms with Crippen molar-refractivity contribution in [3.63, 3.8) is 0 Å². The first kappa shape index (κ1) is 13.0. The Morgan fingerprint density at radius 2 is 2.11 bits per heavy atom. The number of hydrogen-bond acceptors (Lipinski definition) is 4. The molecule has 0 atom stereocenters. The third-order valence-corrected chi connectivity index (χ3v) is 3.78. The number of nitrogens with zero attached hydrogens (tertiary/aromatic N) is 2. The molecule has 4 nitrogen and oxygen atoms in total. The van der Waals surface area contributed by atoms with Crippen LogP contribution in [0.1, 0.15) is 16.1 Å². The van der Waals surface area contributed by atoms with Gasteiger partial charge >= 0.3 is 5.97 Å². The van der Waals surface area contributed by atoms with Gasteiger partial charge in [0.2, 0.25) is 0 Å². The largest absolute Gasteiger partial charge is 0.478 e. The molecule has 2 rings (SSSR count). The van der Waals surface area contributed by atoms with E-state index >= 15 is 0 Å². The second-order valence-electron chi connectivity index (χ2n) is 3.55. The van der Waals surface area contributed by atoms with E-state index in [4.69, 9.17) is 5.11 Å². The molecule has 1 N–H and O–H groups in total. The van der Waals surface area contributed by atoms with Crippen molar-refractivity contribution in [2.45, 2.75) is 16.8 Å². The number of carboxylic acid groups (broad SMARTS) is 1. The summed E-state index contributed by atoms with van der Waals surface area (Å²) in [5, 5.41) is 9.83. The number of carboxylic acids is 1. The lowest BCUT2D eigenvalue weighted by Crippen LogP contribution is -1.97. The number of aromatic carboxylic acids is 1. The molecule has 1 aromatic carbocycles. The summed E-state index contributed by atoms with van der Waals surface area (Å²) in [4.78, 5) is 20.0. The molecule has 0 saturated heterocycles. The Kier molecular flexibility index (Phi) is 3.98. The molecule has 0 fully saturated rings. The molecule has 0 aliphatic rings. The van der Waals surface area contributed by atoms with Crippen LogP contribution in [0.5, 0.6) is 0 Å². The number of halogens is 1. The molecule has 6 heteroatoms. The monoisotopic (exact) mass is 324 g/mol. The number of aromatic nitrogens is 2. The van der Waals surface area contributed by atoms with Gasteiger partial charge in [-0.3, -0.25) is 0 Å². The summed E-state index contributed by atoms with van der Waals surface area (Å²) in [6.07, 6.45) is 1.49. The molecule has 0 bridgehead atoms. The fourth-order valence-electron chi connectivity index (χ4n) is 1.34. The summed E-state index contributed by atoms with van der Waals surface area (Å²) < 4.78 is 0.568. The highest BCUT2D eigenvalue weighted by Crippen LogP contribution is 2.29. The fraction of sp³-hybridized carbons (Fsp3) is 0.0833. The first-order valence-corrected chi connectivity index (χ1v) is 6.66. The first-order chi connectivity index (χ1) is 8.56. The minimum Gasteiger partial charge on any atom is -0.478 e. The normalized spacial score (nSPS) is 10.3. The summed E-state index contributed by atoms with van der Waals surface area (Å²) in [7, 11) is 0. The molecule has 0 unspecified atom stereocenters. The highest BCUT2D eigenvalue weighted by atomic mass is 79.9. The summed E-state index contributed by atoms with van der Waals surface area (Å²) in [6.45, 7) is 1.88. The van der Waals surface area contributed by atoms with Gasteiger partial charge in [0.1, 0.15) is 11.4 Å². The van der Waals surface area contributed by atoms with Crippen molar-refractivity contribution >= 4 is 33.7 Å². The Morgan fingerprint density at radius 1 is 1.33 bits per heavy atom. The second-order valence-corrected chi connectivity index (χ2v) is 5.49. The quantitative estimate of drug-likeness (QED) is 0.877. The Labute approximate surface area is 117 Å². The molecule has 0 saturated carbocycles. The number of aryl methyl sites for hydroxylation is 1. The lowest BCUT2D eigenvalue weighted by molar-refractivity contribution is 0.0695. The molecule has 2 aromatic rings. The first-order valence-electron chi connectivity index (χ1n) is 5.05. The predicted octanol–water partition coefficient (Wildman–Crippen LogP) is 3.40. The van der Waals surface area contributed by atoms with Crippen LogP contribution in [-0.4, -0.2) is 21.0 Å². The van der Waals surface area contributed by atoms with E-state index in [-0.39, 0.29) is 5.56 Å². The topological polar surface area (TPSA) is 63.1 Å². The SMILES string of the molecule is Cc1cc(Sc2ccc(Br)c(C(=O)O)c2)ncn1. The maximum atomic E-state index is 11.0. The van der Waals surface area contributed by atoms with Gasteiger partial charge in [0.05, 0.1) is 5.56 Å². The van der Waals surface area contributed by atoms with Gasteiger partial charge in [-0.1, -0.05) is 11.8 Å². The molecule has 0 amide bonds. The Balaban J connectivity index is 2.30. The van der Waals surface area contributed by atoms with Crippen LogP contribution in [0, 0.1) is 6.92 Å². The number of rotatable bonds is 3. The van der Waals surface area contributed by atoms with Crippen LogP contribution in [0.15, 0.2) is 45.0 Å². The zero-order valence-corrected chi connectivity index (χ0v) is 11.8. The van der Waals surface area contributed by atoms with E-state index < -0.39 is 5.97 Å². The van der Waals surface area contributed by atoms with E-state index in [1.54, 1.807) is 12.1 Å². The molecule has 0 aliphatic heterocycles. The molecule has 0 spiro atoms. The summed E-state index contributed by atoms with van der Waals surface area (Å²) in [6, 6.07) is 7.04. The van der Waals surface area contributed by atoms with Crippen LogP contribution in [0.3, 0.4) is 0 Å². The van der Waals surface area contributed by atoms with E-state index in [0.717, 1.165) is 15.6 Å². The summed E-state index contributed by atoms with van der Waals surface area (Å²) in [5.74, 6) is -0.955. The maximum absolute atomic E-state index is 11.0. The minimum atomic E-state index is -0.955. The Bertz CT molecular complexity index is 604. The highest BCUT2D eigenvalue weighted by Gasteiger charge is 2.10. The smallest absolute Gasteiger partial charge is 0.336 e. The lowest BCUT2D eigenvalue weighted by atomic mass is 10.2. The van der Waals surface area contributed by atoms with Gasteiger partial charge in [0.15, 0.2) is 0 Å². The highest BCUT2D eigenvalue weighted by molar-refractivity contribution is 9.10. The summed E-state index contributed by atoms with van der Waals surface area (Å²) >= 11 is 4.62. The van der Waals surface area contributed by atoms with Crippen LogP contribution in [-0.2, 0) is 0 Å². The van der Waals surface area contributed by atoms with Crippen molar-refractivity contribution < 1.29 is 9.90 Å². The molecule has 1 aromatic heterocycles. The molecule has 92 valence electrons. The van der Waals surface area contributed by atoms with Crippen LogP contribution >= 0.6 is 27.7 Å². The van der Waals surface area contributed by atoms with E-state index in [1.807, 2.05) is 19.1 Å². The Morgan fingerprint density at radius 3 is 2.78 bits per heavy atom. The van der Waals surface area contributed by atoms with Gasteiger partial charge in [0, 0.05) is 15.1 Å². The second kappa shape index (κ2) is 5.49. The van der Waals surface area contributed by atoms with Crippen molar-refractivity contribution in [1.29, 1.82) is 0 Å². The molecular formula is C12H9BrN2O2S. The number of hydrogen-bond donors (Lipinski definition) is 1. The minimum absolute atomic E-state index is 0.241. The van der Waals surface area contributed by atoms with Gasteiger partial charge < -0.3 is 5.11 Å². The van der Waals surface area contributed by atoms with Crippen molar-refractivity contribution in [3.8, 4) is 0 Å². The average molecular weight is 325 g/mol. The van der Waals surface area contributed by atoms with Gasteiger partial charge in [-0.05, 0) is 47.1 Å². The van der Waals surface area contributed by atoms with E-state index in [1.165, 1.54) is 18.1 Å². The molecule has 18 heavy (non-hydrogen) atoms.